The fourth-order valence-corrected chi connectivity index (χ4v) is 3.31. The van der Waals surface area contributed by atoms with Crippen molar-refractivity contribution in [2.24, 2.45) is 16.5 Å². The van der Waals surface area contributed by atoms with Crippen molar-refractivity contribution in [1.82, 2.24) is 26.6 Å². The molecule has 4 amide bonds. The van der Waals surface area contributed by atoms with E-state index in [9.17, 15) is 24.0 Å². The minimum absolute atomic E-state index is 0. The number of amides is 4. The van der Waals surface area contributed by atoms with E-state index in [1.807, 2.05) is 0 Å². The topological polar surface area (TPSA) is 230 Å². The van der Waals surface area contributed by atoms with Gasteiger partial charge in [-0.2, -0.15) is 0 Å². The third kappa shape index (κ3) is 8.55. The highest BCUT2D eigenvalue weighted by Gasteiger charge is 2.34. The van der Waals surface area contributed by atoms with Crippen molar-refractivity contribution in [3.63, 3.8) is 0 Å². The summed E-state index contributed by atoms with van der Waals surface area (Å²) in [6, 6.07) is -3.32. The third-order valence-corrected chi connectivity index (χ3v) is 4.83. The molecule has 32 heavy (non-hydrogen) atoms. The monoisotopic (exact) mass is 476 g/mol. The Morgan fingerprint density at radius 3 is 2.41 bits per heavy atom. The summed E-state index contributed by atoms with van der Waals surface area (Å²) >= 11 is 0. The highest BCUT2D eigenvalue weighted by Crippen LogP contribution is 2.10. The van der Waals surface area contributed by atoms with Crippen LogP contribution in [0.25, 0.3) is 0 Å². The maximum absolute atomic E-state index is 12.6. The zero-order valence-electron chi connectivity index (χ0n) is 17.3. The summed E-state index contributed by atoms with van der Waals surface area (Å²) in [5.74, 6) is -3.80. The number of nitrogens with one attached hydrogen (secondary N) is 5. The number of nitrogens with two attached hydrogens (primary N) is 2. The number of carboxylic acids is 1. The molecular weight excluding hydrogens is 448 g/mol. The Balaban J connectivity index is 0.00000512. The van der Waals surface area contributed by atoms with Crippen LogP contribution in [0.15, 0.2) is 4.99 Å². The van der Waals surface area contributed by atoms with Gasteiger partial charge in [-0.05, 0) is 19.3 Å². The molecule has 0 aromatic rings. The zero-order chi connectivity index (χ0) is 23.0. The average molecular weight is 477 g/mol. The molecule has 2 fully saturated rings. The summed E-state index contributed by atoms with van der Waals surface area (Å²) in [5.41, 5.74) is 10.5. The van der Waals surface area contributed by atoms with Crippen molar-refractivity contribution in [2.75, 3.05) is 19.6 Å². The van der Waals surface area contributed by atoms with E-state index in [0.29, 0.717) is 6.42 Å². The van der Waals surface area contributed by atoms with Crippen LogP contribution in [0.3, 0.4) is 0 Å². The van der Waals surface area contributed by atoms with Gasteiger partial charge in [0.05, 0.1) is 19.0 Å². The standard InChI is InChI=1S/C17H28N8O6.ClH/c18-17(19)20-3-1-2-9-14(29)22-7-12(26)24-11(5-13(27)28)16(31)23-8-4-10(21-6-8)15(30)25-9;/h8-11,21H,1-7H2,(H,22,29)(H,23,31)(H,24,26)(H,25,30)(H,27,28)(H4,18,19,20);1H/t8-,9+,10-,11+;/m1./s1. The van der Waals surface area contributed by atoms with E-state index in [1.165, 1.54) is 0 Å². The van der Waals surface area contributed by atoms with E-state index in [2.05, 4.69) is 31.6 Å². The normalized spacial score (nSPS) is 26.4. The maximum atomic E-state index is 12.6. The first kappa shape index (κ1) is 26.9. The van der Waals surface area contributed by atoms with Crippen molar-refractivity contribution < 1.29 is 29.1 Å². The van der Waals surface area contributed by atoms with Crippen molar-refractivity contribution >= 4 is 48.0 Å². The smallest absolute Gasteiger partial charge is 0.305 e. The van der Waals surface area contributed by atoms with Gasteiger partial charge in [-0.3, -0.25) is 29.0 Å². The van der Waals surface area contributed by atoms with Crippen LogP contribution in [0.5, 0.6) is 0 Å². The third-order valence-electron chi connectivity index (χ3n) is 4.83. The SMILES string of the molecule is Cl.NC(N)=NCCC[C@@H]1NC(=O)[C@H]2C[C@H](CN2)NC(=O)[C@H](CC(=O)O)NC(=O)CNC1=O. The molecule has 0 aliphatic carbocycles. The number of halogens is 1. The predicted molar refractivity (Wildman–Crippen MR) is 115 cm³/mol. The molecule has 10 N–H and O–H groups in total. The summed E-state index contributed by atoms with van der Waals surface area (Å²) in [6.07, 6.45) is 0.251. The van der Waals surface area contributed by atoms with E-state index in [0.717, 1.165) is 0 Å². The Labute approximate surface area is 190 Å². The molecule has 0 radical (unpaired) electrons. The predicted octanol–water partition coefficient (Wildman–Crippen LogP) is -4.12. The largest absolute Gasteiger partial charge is 0.481 e. The summed E-state index contributed by atoms with van der Waals surface area (Å²) < 4.78 is 0. The number of carboxylic acid groups (broad SMARTS) is 1. The number of hydrogen-bond donors (Lipinski definition) is 8. The van der Waals surface area contributed by atoms with Gasteiger partial charge in [0.25, 0.3) is 0 Å². The molecule has 2 aliphatic rings. The molecule has 15 heteroatoms. The lowest BCUT2D eigenvalue weighted by Gasteiger charge is -2.23. The van der Waals surface area contributed by atoms with Crippen LogP contribution in [0.1, 0.15) is 25.7 Å². The Kier molecular flexibility index (Phi) is 10.6. The highest BCUT2D eigenvalue weighted by molar-refractivity contribution is 5.94. The summed E-state index contributed by atoms with van der Waals surface area (Å²) in [6.45, 7) is 0.0433. The van der Waals surface area contributed by atoms with Crippen LogP contribution in [0.2, 0.25) is 0 Å². The van der Waals surface area contributed by atoms with Gasteiger partial charge in [-0.1, -0.05) is 0 Å². The molecule has 0 unspecified atom stereocenters. The van der Waals surface area contributed by atoms with Crippen molar-refractivity contribution in [1.29, 1.82) is 0 Å². The first-order valence-electron chi connectivity index (χ1n) is 9.84. The molecule has 0 aromatic heterocycles. The number of nitrogens with zero attached hydrogens (tertiary/aromatic N) is 1. The van der Waals surface area contributed by atoms with E-state index < -0.39 is 66.7 Å². The zero-order valence-corrected chi connectivity index (χ0v) is 18.1. The Morgan fingerprint density at radius 2 is 1.75 bits per heavy atom. The molecule has 2 rings (SSSR count). The van der Waals surface area contributed by atoms with E-state index in [4.69, 9.17) is 16.6 Å². The lowest BCUT2D eigenvalue weighted by atomic mass is 10.1. The minimum Gasteiger partial charge on any atom is -0.481 e. The lowest BCUT2D eigenvalue weighted by Crippen LogP contribution is -2.55. The summed E-state index contributed by atoms with van der Waals surface area (Å²) in [7, 11) is 0. The van der Waals surface area contributed by atoms with Gasteiger partial charge in [0.2, 0.25) is 23.6 Å². The van der Waals surface area contributed by atoms with E-state index in [1.54, 1.807) is 0 Å². The van der Waals surface area contributed by atoms with Gasteiger partial charge in [0, 0.05) is 19.1 Å². The number of rotatable bonds is 6. The highest BCUT2D eigenvalue weighted by atomic mass is 35.5. The fraction of sp³-hybridized carbons (Fsp3) is 0.647. The number of fused-ring (bicyclic) bond motifs is 2. The number of carbonyl (C=O) groups is 5. The van der Waals surface area contributed by atoms with Crippen LogP contribution in [0.4, 0.5) is 0 Å². The average Bonchev–Trinajstić information content (AvgIpc) is 3.15. The quantitative estimate of drug-likeness (QED) is 0.105. The van der Waals surface area contributed by atoms with Gasteiger partial charge in [-0.25, -0.2) is 0 Å². The van der Waals surface area contributed by atoms with E-state index in [-0.39, 0.29) is 44.3 Å². The number of carbonyl (C=O) groups excluding carboxylic acids is 4. The molecule has 2 heterocycles. The molecule has 0 saturated carbocycles. The number of guanidine groups is 1. The van der Waals surface area contributed by atoms with E-state index >= 15 is 0 Å². The van der Waals surface area contributed by atoms with Crippen LogP contribution in [0, 0.1) is 0 Å². The lowest BCUT2D eigenvalue weighted by molar-refractivity contribution is -0.141. The summed E-state index contributed by atoms with van der Waals surface area (Å²) in [4.78, 5) is 64.6. The molecule has 180 valence electrons. The number of aliphatic imine (C=N–C) groups is 1. The second kappa shape index (κ2) is 12.7. The second-order valence-corrected chi connectivity index (χ2v) is 7.35. The Hall–Kier alpha value is -3.13. The van der Waals surface area contributed by atoms with Crippen LogP contribution >= 0.6 is 12.4 Å². The first-order chi connectivity index (χ1) is 14.7. The summed E-state index contributed by atoms with van der Waals surface area (Å²) in [5, 5.41) is 22.0. The molecule has 4 atom stereocenters. The van der Waals surface area contributed by atoms with Gasteiger partial charge < -0.3 is 43.2 Å². The fourth-order valence-electron chi connectivity index (χ4n) is 3.31. The molecule has 2 bridgehead atoms. The molecule has 0 spiro atoms. The van der Waals surface area contributed by atoms with Gasteiger partial charge in [-0.15, -0.1) is 12.4 Å². The van der Waals surface area contributed by atoms with Crippen LogP contribution in [-0.4, -0.2) is 84.5 Å². The number of hydrogen-bond acceptors (Lipinski definition) is 7. The molecule has 0 aromatic carbocycles. The molecular formula is C17H29ClN8O6. The van der Waals surface area contributed by atoms with Crippen molar-refractivity contribution in [3.05, 3.63) is 0 Å². The van der Waals surface area contributed by atoms with Crippen molar-refractivity contribution in [3.8, 4) is 0 Å². The van der Waals surface area contributed by atoms with Gasteiger partial charge in [0.15, 0.2) is 5.96 Å². The first-order valence-corrected chi connectivity index (χ1v) is 9.84. The van der Waals surface area contributed by atoms with Gasteiger partial charge in [0.1, 0.15) is 12.1 Å². The number of aliphatic carboxylic acids is 1. The maximum Gasteiger partial charge on any atom is 0.305 e. The second-order valence-electron chi connectivity index (χ2n) is 7.35. The Morgan fingerprint density at radius 1 is 1.03 bits per heavy atom. The van der Waals surface area contributed by atoms with Crippen molar-refractivity contribution in [2.45, 2.75) is 49.9 Å². The van der Waals surface area contributed by atoms with Gasteiger partial charge >= 0.3 is 5.97 Å². The van der Waals surface area contributed by atoms with Crippen LogP contribution in [-0.2, 0) is 24.0 Å². The molecule has 2 saturated heterocycles. The van der Waals surface area contributed by atoms with Crippen LogP contribution < -0.4 is 38.1 Å². The Bertz CT molecular complexity index is 759. The molecule has 2 aliphatic heterocycles. The molecule has 14 nitrogen and oxygen atoms in total. The minimum atomic E-state index is -1.31.